The average molecular weight is 443 g/mol. The van der Waals surface area contributed by atoms with Crippen molar-refractivity contribution in [1.82, 2.24) is 15.5 Å². The van der Waals surface area contributed by atoms with Crippen molar-refractivity contribution in [2.75, 3.05) is 17.9 Å². The summed E-state index contributed by atoms with van der Waals surface area (Å²) in [5, 5.41) is 9.73. The van der Waals surface area contributed by atoms with E-state index in [4.69, 9.17) is 4.74 Å². The zero-order chi connectivity index (χ0) is 22.3. The summed E-state index contributed by atoms with van der Waals surface area (Å²) < 4.78 is 33.1. The van der Waals surface area contributed by atoms with Gasteiger partial charge in [0.15, 0.2) is 0 Å². The number of aromatic nitrogens is 2. The van der Waals surface area contributed by atoms with Gasteiger partial charge in [-0.05, 0) is 74.7 Å². The van der Waals surface area contributed by atoms with Crippen molar-refractivity contribution in [2.24, 2.45) is 0 Å². The fourth-order valence-corrected chi connectivity index (χ4v) is 4.08. The Bertz CT molecular complexity index is 1120. The largest absolute Gasteiger partial charge is 0.494 e. The normalized spacial score (nSPS) is 11.2. The van der Waals surface area contributed by atoms with Crippen LogP contribution in [0.1, 0.15) is 35.0 Å². The highest BCUT2D eigenvalue weighted by Crippen LogP contribution is 2.20. The second kappa shape index (κ2) is 10.1. The lowest BCUT2D eigenvalue weighted by atomic mass is 10.1. The molecule has 1 heterocycles. The summed E-state index contributed by atoms with van der Waals surface area (Å²) in [5.41, 5.74) is 2.85. The zero-order valence-electron chi connectivity index (χ0n) is 17.5. The first kappa shape index (κ1) is 22.4. The summed E-state index contributed by atoms with van der Waals surface area (Å²) in [6.07, 6.45) is 3.37. The fraction of sp³-hybridized carbons (Fsp3) is 0.273. The lowest BCUT2D eigenvalue weighted by Crippen LogP contribution is -2.25. The van der Waals surface area contributed by atoms with Gasteiger partial charge in [-0.25, -0.2) is 8.42 Å². The maximum atomic E-state index is 12.6. The predicted molar refractivity (Wildman–Crippen MR) is 119 cm³/mol. The number of carbonyl (C=O) groups excluding carboxylic acids is 1. The highest BCUT2D eigenvalue weighted by molar-refractivity contribution is 7.92. The van der Waals surface area contributed by atoms with Crippen molar-refractivity contribution in [2.45, 2.75) is 31.6 Å². The molecule has 3 N–H and O–H groups in total. The standard InChI is InChI=1S/C22H26N4O4S/c1-3-30-20-9-11-21(12-10-20)31(28,29)26-19-8-4-6-17(14-19)22(27)23-13-5-7-18-15-24-25-16(18)2/h4,6,8-12,14-15,26H,3,5,7,13H2,1-2H3,(H,23,27)(H,24,25). The predicted octanol–water partition coefficient (Wildman–Crippen LogP) is 3.28. The van der Waals surface area contributed by atoms with Crippen LogP contribution in [0.2, 0.25) is 0 Å². The fourth-order valence-electron chi connectivity index (χ4n) is 3.03. The average Bonchev–Trinajstić information content (AvgIpc) is 3.16. The molecule has 31 heavy (non-hydrogen) atoms. The van der Waals surface area contributed by atoms with Gasteiger partial charge in [0.25, 0.3) is 15.9 Å². The van der Waals surface area contributed by atoms with Crippen LogP contribution in [0.15, 0.2) is 59.6 Å². The summed E-state index contributed by atoms with van der Waals surface area (Å²) in [7, 11) is -3.78. The van der Waals surface area contributed by atoms with Crippen molar-refractivity contribution < 1.29 is 17.9 Å². The molecular formula is C22H26N4O4S. The van der Waals surface area contributed by atoms with Crippen molar-refractivity contribution in [3.63, 3.8) is 0 Å². The van der Waals surface area contributed by atoms with Gasteiger partial charge in [-0.1, -0.05) is 6.07 Å². The molecule has 0 aliphatic heterocycles. The number of ether oxygens (including phenoxy) is 1. The lowest BCUT2D eigenvalue weighted by molar-refractivity contribution is 0.0953. The van der Waals surface area contributed by atoms with Gasteiger partial charge < -0.3 is 10.1 Å². The van der Waals surface area contributed by atoms with Crippen LogP contribution in [0.5, 0.6) is 5.75 Å². The van der Waals surface area contributed by atoms with Crippen LogP contribution in [0.3, 0.4) is 0 Å². The number of nitrogens with one attached hydrogen (secondary N) is 3. The summed E-state index contributed by atoms with van der Waals surface area (Å²) in [6, 6.07) is 12.6. The zero-order valence-corrected chi connectivity index (χ0v) is 18.3. The van der Waals surface area contributed by atoms with Gasteiger partial charge in [-0.2, -0.15) is 5.10 Å². The molecule has 3 aromatic rings. The Kier molecular flexibility index (Phi) is 7.30. The molecule has 0 aliphatic carbocycles. The third kappa shape index (κ3) is 6.08. The van der Waals surface area contributed by atoms with Gasteiger partial charge in [-0.3, -0.25) is 14.6 Å². The maximum absolute atomic E-state index is 12.6. The van der Waals surface area contributed by atoms with Gasteiger partial charge >= 0.3 is 0 Å². The number of aryl methyl sites for hydroxylation is 2. The van der Waals surface area contributed by atoms with Crippen molar-refractivity contribution in [3.05, 3.63) is 71.5 Å². The van der Waals surface area contributed by atoms with E-state index in [2.05, 4.69) is 20.2 Å². The monoisotopic (exact) mass is 442 g/mol. The quantitative estimate of drug-likeness (QED) is 0.417. The molecule has 0 radical (unpaired) electrons. The Morgan fingerprint density at radius 3 is 2.61 bits per heavy atom. The van der Waals surface area contributed by atoms with Crippen molar-refractivity contribution in [3.8, 4) is 5.75 Å². The van der Waals surface area contributed by atoms with E-state index in [1.165, 1.54) is 18.2 Å². The molecule has 2 aromatic carbocycles. The Balaban J connectivity index is 1.58. The number of rotatable bonds is 10. The highest BCUT2D eigenvalue weighted by Gasteiger charge is 2.15. The van der Waals surface area contributed by atoms with Gasteiger partial charge in [0.1, 0.15) is 5.75 Å². The number of carbonyl (C=O) groups is 1. The molecule has 8 nitrogen and oxygen atoms in total. The third-order valence-electron chi connectivity index (χ3n) is 4.66. The first-order valence-electron chi connectivity index (χ1n) is 10.0. The molecule has 9 heteroatoms. The number of H-pyrrole nitrogens is 1. The Morgan fingerprint density at radius 1 is 1.16 bits per heavy atom. The van der Waals surface area contributed by atoms with Gasteiger partial charge in [0.2, 0.25) is 0 Å². The summed E-state index contributed by atoms with van der Waals surface area (Å²) in [4.78, 5) is 12.6. The molecule has 0 aliphatic rings. The molecular weight excluding hydrogens is 416 g/mol. The number of aromatic amines is 1. The van der Waals surface area contributed by atoms with Gasteiger partial charge in [0.05, 0.1) is 17.7 Å². The van der Waals surface area contributed by atoms with Crippen LogP contribution in [0.4, 0.5) is 5.69 Å². The molecule has 0 fully saturated rings. The number of amides is 1. The molecule has 164 valence electrons. The summed E-state index contributed by atoms with van der Waals surface area (Å²) >= 11 is 0. The molecule has 0 spiro atoms. The number of hydrogen-bond acceptors (Lipinski definition) is 5. The van der Waals surface area contributed by atoms with E-state index in [0.717, 1.165) is 24.1 Å². The Morgan fingerprint density at radius 2 is 1.94 bits per heavy atom. The van der Waals surface area contributed by atoms with Crippen LogP contribution < -0.4 is 14.8 Å². The molecule has 0 saturated carbocycles. The van der Waals surface area contributed by atoms with Crippen LogP contribution >= 0.6 is 0 Å². The van der Waals surface area contributed by atoms with E-state index < -0.39 is 10.0 Å². The number of hydrogen-bond donors (Lipinski definition) is 3. The first-order valence-corrected chi connectivity index (χ1v) is 11.5. The molecule has 0 bridgehead atoms. The second-order valence-electron chi connectivity index (χ2n) is 6.97. The minimum Gasteiger partial charge on any atom is -0.494 e. The molecule has 1 aromatic heterocycles. The van der Waals surface area contributed by atoms with E-state index in [0.29, 0.717) is 30.2 Å². The van der Waals surface area contributed by atoms with E-state index in [9.17, 15) is 13.2 Å². The number of sulfonamides is 1. The van der Waals surface area contributed by atoms with E-state index in [-0.39, 0.29) is 10.8 Å². The minimum atomic E-state index is -3.78. The molecule has 0 saturated heterocycles. The summed E-state index contributed by atoms with van der Waals surface area (Å²) in [5.74, 6) is 0.342. The van der Waals surface area contributed by atoms with Crippen LogP contribution in [0, 0.1) is 6.92 Å². The second-order valence-corrected chi connectivity index (χ2v) is 8.65. The van der Waals surface area contributed by atoms with E-state index in [1.54, 1.807) is 36.5 Å². The Hall–Kier alpha value is -3.33. The van der Waals surface area contributed by atoms with Gasteiger partial charge in [-0.15, -0.1) is 0 Å². The molecule has 0 unspecified atom stereocenters. The van der Waals surface area contributed by atoms with E-state index in [1.807, 2.05) is 13.8 Å². The topological polar surface area (TPSA) is 113 Å². The number of benzene rings is 2. The number of nitrogens with zero attached hydrogens (tertiary/aromatic N) is 1. The highest BCUT2D eigenvalue weighted by atomic mass is 32.2. The molecule has 0 atom stereocenters. The maximum Gasteiger partial charge on any atom is 0.261 e. The third-order valence-corrected chi connectivity index (χ3v) is 6.06. The summed E-state index contributed by atoms with van der Waals surface area (Å²) in [6.45, 7) is 4.82. The van der Waals surface area contributed by atoms with Gasteiger partial charge in [0, 0.05) is 23.5 Å². The van der Waals surface area contributed by atoms with E-state index >= 15 is 0 Å². The minimum absolute atomic E-state index is 0.111. The van der Waals surface area contributed by atoms with Crippen LogP contribution in [0.25, 0.3) is 0 Å². The lowest BCUT2D eigenvalue weighted by Gasteiger charge is -2.11. The Labute approximate surface area is 182 Å². The molecule has 1 amide bonds. The van der Waals surface area contributed by atoms with Crippen LogP contribution in [-0.4, -0.2) is 37.7 Å². The van der Waals surface area contributed by atoms with Crippen LogP contribution in [-0.2, 0) is 16.4 Å². The molecule has 3 rings (SSSR count). The SMILES string of the molecule is CCOc1ccc(S(=O)(=O)Nc2cccc(C(=O)NCCCc3cn[nH]c3C)c2)cc1. The number of anilines is 1. The first-order chi connectivity index (χ1) is 14.9. The smallest absolute Gasteiger partial charge is 0.261 e. The van der Waals surface area contributed by atoms with Crippen molar-refractivity contribution >= 4 is 21.6 Å². The van der Waals surface area contributed by atoms with Crippen molar-refractivity contribution in [1.29, 1.82) is 0 Å².